The lowest BCUT2D eigenvalue weighted by Gasteiger charge is -2.35. The molecule has 0 saturated heterocycles. The number of hydrogen-bond acceptors (Lipinski definition) is 2. The van der Waals surface area contributed by atoms with Gasteiger partial charge >= 0.3 is 0 Å². The molecule has 1 rings (SSSR count). The monoisotopic (exact) mass is 185 g/mol. The van der Waals surface area contributed by atoms with E-state index < -0.39 is 0 Å². The number of nitrogens with one attached hydrogen (secondary N) is 1. The Bertz CT molecular complexity index is 145. The van der Waals surface area contributed by atoms with E-state index in [9.17, 15) is 0 Å². The second-order valence-electron chi connectivity index (χ2n) is 4.99. The van der Waals surface area contributed by atoms with Crippen LogP contribution in [0.2, 0.25) is 0 Å². The molecule has 1 aliphatic rings. The van der Waals surface area contributed by atoms with Gasteiger partial charge in [-0.1, -0.05) is 20.3 Å². The van der Waals surface area contributed by atoms with Crippen molar-refractivity contribution in [1.82, 2.24) is 5.32 Å². The third-order valence-electron chi connectivity index (χ3n) is 2.97. The molecule has 13 heavy (non-hydrogen) atoms. The summed E-state index contributed by atoms with van der Waals surface area (Å²) in [5.74, 6) is 0. The van der Waals surface area contributed by atoms with Crippen molar-refractivity contribution in [3.8, 4) is 0 Å². The Labute approximate surface area is 81.7 Å². The van der Waals surface area contributed by atoms with E-state index in [1.165, 1.54) is 25.7 Å². The predicted molar refractivity (Wildman–Crippen MR) is 55.7 cm³/mol. The van der Waals surface area contributed by atoms with E-state index in [4.69, 9.17) is 5.11 Å². The first-order valence-electron chi connectivity index (χ1n) is 5.48. The number of aliphatic hydroxyl groups excluding tert-OH is 1. The van der Waals surface area contributed by atoms with Crippen LogP contribution in [0, 0.1) is 5.41 Å². The van der Waals surface area contributed by atoms with Crippen molar-refractivity contribution in [2.24, 2.45) is 5.41 Å². The third kappa shape index (κ3) is 4.10. The molecule has 1 fully saturated rings. The third-order valence-corrected chi connectivity index (χ3v) is 2.97. The lowest BCUT2D eigenvalue weighted by Crippen LogP contribution is -2.37. The number of hydrogen-bond donors (Lipinski definition) is 2. The van der Waals surface area contributed by atoms with Crippen molar-refractivity contribution in [2.45, 2.75) is 52.0 Å². The van der Waals surface area contributed by atoms with Gasteiger partial charge in [-0.2, -0.15) is 0 Å². The summed E-state index contributed by atoms with van der Waals surface area (Å²) in [6.07, 6.45) is 6.21. The Kier molecular flexibility index (Phi) is 4.20. The summed E-state index contributed by atoms with van der Waals surface area (Å²) in [7, 11) is 0. The summed E-state index contributed by atoms with van der Waals surface area (Å²) in [6, 6.07) is 0.690. The van der Waals surface area contributed by atoms with E-state index in [-0.39, 0.29) is 0 Å². The van der Waals surface area contributed by atoms with Crippen molar-refractivity contribution >= 4 is 0 Å². The number of aliphatic hydroxyl groups is 1. The molecule has 2 heteroatoms. The highest BCUT2D eigenvalue weighted by molar-refractivity contribution is 4.83. The molecule has 0 aliphatic heterocycles. The first-order chi connectivity index (χ1) is 6.14. The molecule has 2 N–H and O–H groups in total. The summed E-state index contributed by atoms with van der Waals surface area (Å²) >= 11 is 0. The predicted octanol–water partition coefficient (Wildman–Crippen LogP) is 1.93. The van der Waals surface area contributed by atoms with Gasteiger partial charge in [-0.05, 0) is 37.6 Å². The highest BCUT2D eigenvalue weighted by atomic mass is 16.3. The van der Waals surface area contributed by atoms with Gasteiger partial charge in [0.25, 0.3) is 0 Å². The second kappa shape index (κ2) is 4.97. The zero-order valence-corrected chi connectivity index (χ0v) is 8.97. The van der Waals surface area contributed by atoms with Gasteiger partial charge in [0.05, 0.1) is 0 Å². The van der Waals surface area contributed by atoms with Crippen LogP contribution in [-0.4, -0.2) is 24.3 Å². The maximum absolute atomic E-state index is 8.66. The summed E-state index contributed by atoms with van der Waals surface area (Å²) < 4.78 is 0. The summed E-state index contributed by atoms with van der Waals surface area (Å²) in [5.41, 5.74) is 0.523. The molecule has 0 aromatic heterocycles. The lowest BCUT2D eigenvalue weighted by molar-refractivity contribution is 0.195. The molecule has 78 valence electrons. The van der Waals surface area contributed by atoms with E-state index >= 15 is 0 Å². The minimum atomic E-state index is 0.309. The van der Waals surface area contributed by atoms with Crippen LogP contribution in [0.5, 0.6) is 0 Å². The molecule has 1 atom stereocenters. The van der Waals surface area contributed by atoms with Crippen molar-refractivity contribution in [1.29, 1.82) is 0 Å². The van der Waals surface area contributed by atoms with Gasteiger partial charge in [0.2, 0.25) is 0 Å². The summed E-state index contributed by atoms with van der Waals surface area (Å²) in [6.45, 7) is 5.99. The van der Waals surface area contributed by atoms with E-state index in [1.807, 2.05) is 0 Å². The molecule has 1 saturated carbocycles. The molecular formula is C11H23NO. The van der Waals surface area contributed by atoms with Gasteiger partial charge < -0.3 is 10.4 Å². The van der Waals surface area contributed by atoms with Gasteiger partial charge in [-0.3, -0.25) is 0 Å². The number of rotatable bonds is 4. The molecule has 0 unspecified atom stereocenters. The van der Waals surface area contributed by atoms with Gasteiger partial charge in [0.1, 0.15) is 0 Å². The van der Waals surface area contributed by atoms with Crippen LogP contribution in [0.25, 0.3) is 0 Å². The first-order valence-corrected chi connectivity index (χ1v) is 5.48. The summed E-state index contributed by atoms with van der Waals surface area (Å²) in [5, 5.41) is 12.2. The normalized spacial score (nSPS) is 27.5. The Hall–Kier alpha value is -0.0800. The molecule has 2 nitrogen and oxygen atoms in total. The Morgan fingerprint density at radius 1 is 1.46 bits per heavy atom. The van der Waals surface area contributed by atoms with Crippen LogP contribution in [0.1, 0.15) is 46.0 Å². The van der Waals surface area contributed by atoms with Crippen LogP contribution in [-0.2, 0) is 0 Å². The average molecular weight is 185 g/mol. The highest BCUT2D eigenvalue weighted by Gasteiger charge is 2.27. The molecule has 0 aromatic rings. The van der Waals surface area contributed by atoms with Crippen molar-refractivity contribution < 1.29 is 5.11 Å². The quantitative estimate of drug-likeness (QED) is 0.656. The Balaban J connectivity index is 2.19. The molecule has 0 spiro atoms. The Morgan fingerprint density at radius 3 is 2.85 bits per heavy atom. The standard InChI is InChI=1S/C11H23NO/c1-11(2)6-3-5-10(9-11)12-7-4-8-13/h10,12-13H,3-9H2,1-2H3/t10-/m0/s1. The van der Waals surface area contributed by atoms with Crippen LogP contribution in [0.15, 0.2) is 0 Å². The molecule has 0 amide bonds. The molecule has 1 aliphatic carbocycles. The van der Waals surface area contributed by atoms with Gasteiger partial charge in [0.15, 0.2) is 0 Å². The molecular weight excluding hydrogens is 162 g/mol. The molecule has 0 heterocycles. The largest absolute Gasteiger partial charge is 0.396 e. The Morgan fingerprint density at radius 2 is 2.23 bits per heavy atom. The minimum absolute atomic E-state index is 0.309. The smallest absolute Gasteiger partial charge is 0.0443 e. The fourth-order valence-corrected chi connectivity index (χ4v) is 2.26. The van der Waals surface area contributed by atoms with E-state index in [0.29, 0.717) is 18.1 Å². The molecule has 0 bridgehead atoms. The molecule has 0 radical (unpaired) electrons. The van der Waals surface area contributed by atoms with Gasteiger partial charge in [0, 0.05) is 12.6 Å². The maximum Gasteiger partial charge on any atom is 0.0443 e. The first kappa shape index (κ1) is 11.0. The fourth-order valence-electron chi connectivity index (χ4n) is 2.26. The van der Waals surface area contributed by atoms with E-state index in [0.717, 1.165) is 13.0 Å². The lowest BCUT2D eigenvalue weighted by atomic mass is 9.75. The zero-order valence-electron chi connectivity index (χ0n) is 8.97. The summed E-state index contributed by atoms with van der Waals surface area (Å²) in [4.78, 5) is 0. The van der Waals surface area contributed by atoms with Gasteiger partial charge in [-0.15, -0.1) is 0 Å². The SMILES string of the molecule is CC1(C)CCC[C@H](NCCCO)C1. The van der Waals surface area contributed by atoms with Gasteiger partial charge in [-0.25, -0.2) is 0 Å². The minimum Gasteiger partial charge on any atom is -0.396 e. The zero-order chi connectivity index (χ0) is 9.73. The van der Waals surface area contributed by atoms with Crippen LogP contribution in [0.3, 0.4) is 0 Å². The second-order valence-corrected chi connectivity index (χ2v) is 4.99. The highest BCUT2D eigenvalue weighted by Crippen LogP contribution is 2.34. The van der Waals surface area contributed by atoms with Crippen LogP contribution in [0.4, 0.5) is 0 Å². The molecule has 0 aromatic carbocycles. The topological polar surface area (TPSA) is 32.3 Å². The van der Waals surface area contributed by atoms with Crippen molar-refractivity contribution in [3.63, 3.8) is 0 Å². The van der Waals surface area contributed by atoms with Crippen LogP contribution >= 0.6 is 0 Å². The van der Waals surface area contributed by atoms with E-state index in [1.54, 1.807) is 0 Å². The van der Waals surface area contributed by atoms with E-state index in [2.05, 4.69) is 19.2 Å². The maximum atomic E-state index is 8.66. The van der Waals surface area contributed by atoms with Crippen molar-refractivity contribution in [3.05, 3.63) is 0 Å². The average Bonchev–Trinajstić information content (AvgIpc) is 2.03. The van der Waals surface area contributed by atoms with Crippen molar-refractivity contribution in [2.75, 3.05) is 13.2 Å². The fraction of sp³-hybridized carbons (Fsp3) is 1.00. The van der Waals surface area contributed by atoms with Crippen LogP contribution < -0.4 is 5.32 Å².